The lowest BCUT2D eigenvalue weighted by atomic mass is 9.99. The Morgan fingerprint density at radius 2 is 2.15 bits per heavy atom. The van der Waals surface area contributed by atoms with E-state index in [1.165, 1.54) is 0 Å². The molecule has 0 unspecified atom stereocenters. The van der Waals surface area contributed by atoms with Crippen LogP contribution in [0.5, 0.6) is 11.5 Å². The Kier molecular flexibility index (Phi) is 4.76. The van der Waals surface area contributed by atoms with E-state index in [2.05, 4.69) is 10.2 Å². The van der Waals surface area contributed by atoms with E-state index in [0.29, 0.717) is 29.5 Å². The summed E-state index contributed by atoms with van der Waals surface area (Å²) in [5.74, 6) is 0.840. The number of hydrogen-bond acceptors (Lipinski definition) is 5. The molecule has 27 heavy (non-hydrogen) atoms. The van der Waals surface area contributed by atoms with Gasteiger partial charge in [-0.15, -0.1) is 0 Å². The van der Waals surface area contributed by atoms with Gasteiger partial charge in [-0.25, -0.2) is 4.99 Å². The van der Waals surface area contributed by atoms with Crippen LogP contribution in [0.2, 0.25) is 5.02 Å². The van der Waals surface area contributed by atoms with Gasteiger partial charge in [0.1, 0.15) is 17.3 Å². The first kappa shape index (κ1) is 17.8. The predicted octanol–water partition coefficient (Wildman–Crippen LogP) is 3.52. The largest absolute Gasteiger partial charge is 0.481 e. The minimum absolute atomic E-state index is 0.158. The van der Waals surface area contributed by atoms with Gasteiger partial charge in [0, 0.05) is 30.7 Å². The molecule has 0 amide bonds. The minimum Gasteiger partial charge on any atom is -0.481 e. The lowest BCUT2D eigenvalue weighted by molar-refractivity contribution is -0.142. The first-order valence-corrected chi connectivity index (χ1v) is 9.27. The number of piperazine rings is 1. The van der Waals surface area contributed by atoms with Gasteiger partial charge in [-0.2, -0.15) is 0 Å². The number of rotatable bonds is 2. The number of carboxylic acids is 1. The second-order valence-electron chi connectivity index (χ2n) is 6.78. The molecule has 2 atom stereocenters. The van der Waals surface area contributed by atoms with Gasteiger partial charge in [-0.3, -0.25) is 4.79 Å². The maximum absolute atomic E-state index is 11.4. The third-order valence-corrected chi connectivity index (χ3v) is 5.23. The van der Waals surface area contributed by atoms with Gasteiger partial charge in [0.05, 0.1) is 11.5 Å². The molecule has 7 heteroatoms. The maximum Gasteiger partial charge on any atom is 0.307 e. The molecule has 0 spiro atoms. The number of halogens is 1. The molecule has 0 radical (unpaired) electrons. The van der Waals surface area contributed by atoms with Crippen molar-refractivity contribution < 1.29 is 14.6 Å². The fraction of sp³-hybridized carbons (Fsp3) is 0.300. The first-order chi connectivity index (χ1) is 13.0. The average Bonchev–Trinajstić information content (AvgIpc) is 2.84. The highest BCUT2D eigenvalue weighted by molar-refractivity contribution is 6.31. The van der Waals surface area contributed by atoms with Crippen LogP contribution in [-0.2, 0) is 4.79 Å². The second kappa shape index (κ2) is 7.21. The van der Waals surface area contributed by atoms with Gasteiger partial charge in [0.25, 0.3) is 0 Å². The van der Waals surface area contributed by atoms with Crippen molar-refractivity contribution >= 4 is 29.1 Å². The number of carboxylic acid groups (broad SMARTS) is 1. The summed E-state index contributed by atoms with van der Waals surface area (Å²) in [5.41, 5.74) is 1.54. The molecule has 1 saturated heterocycles. The molecule has 4 rings (SSSR count). The molecule has 2 N–H and O–H groups in total. The molecule has 1 fully saturated rings. The molecule has 2 aliphatic heterocycles. The van der Waals surface area contributed by atoms with Crippen molar-refractivity contribution in [3.05, 3.63) is 53.1 Å². The summed E-state index contributed by atoms with van der Waals surface area (Å²) >= 11 is 6.16. The van der Waals surface area contributed by atoms with Gasteiger partial charge < -0.3 is 20.1 Å². The number of benzene rings is 2. The van der Waals surface area contributed by atoms with Crippen LogP contribution in [-0.4, -0.2) is 47.5 Å². The number of fused-ring (bicyclic) bond motifs is 2. The van der Waals surface area contributed by atoms with E-state index in [1.54, 1.807) is 19.1 Å². The van der Waals surface area contributed by atoms with Crippen molar-refractivity contribution in [2.75, 3.05) is 19.6 Å². The molecule has 0 saturated carbocycles. The Bertz CT molecular complexity index is 915. The van der Waals surface area contributed by atoms with Crippen LogP contribution in [0.1, 0.15) is 12.5 Å². The number of nitrogens with one attached hydrogen (secondary N) is 1. The zero-order chi connectivity index (χ0) is 19.0. The third-order valence-electron chi connectivity index (χ3n) is 4.99. The van der Waals surface area contributed by atoms with E-state index in [0.717, 1.165) is 23.7 Å². The number of para-hydroxylation sites is 1. The van der Waals surface area contributed by atoms with Gasteiger partial charge >= 0.3 is 5.97 Å². The van der Waals surface area contributed by atoms with Crippen molar-refractivity contribution in [2.45, 2.75) is 13.0 Å². The van der Waals surface area contributed by atoms with Crippen molar-refractivity contribution in [3.63, 3.8) is 0 Å². The zero-order valence-corrected chi connectivity index (χ0v) is 15.6. The van der Waals surface area contributed by atoms with Crippen LogP contribution >= 0.6 is 11.6 Å². The lowest BCUT2D eigenvalue weighted by Gasteiger charge is -2.37. The summed E-state index contributed by atoms with van der Waals surface area (Å²) in [4.78, 5) is 18.4. The van der Waals surface area contributed by atoms with Gasteiger partial charge in [0.15, 0.2) is 5.75 Å². The molecule has 2 aromatic rings. The molecule has 6 nitrogen and oxygen atoms in total. The van der Waals surface area contributed by atoms with E-state index in [1.807, 2.05) is 30.3 Å². The summed E-state index contributed by atoms with van der Waals surface area (Å²) in [7, 11) is 0. The van der Waals surface area contributed by atoms with E-state index in [4.69, 9.17) is 21.3 Å². The van der Waals surface area contributed by atoms with Gasteiger partial charge in [-0.1, -0.05) is 30.7 Å². The Labute approximate surface area is 162 Å². The van der Waals surface area contributed by atoms with E-state index < -0.39 is 11.9 Å². The zero-order valence-electron chi connectivity index (χ0n) is 14.9. The highest BCUT2D eigenvalue weighted by Gasteiger charge is 2.31. The van der Waals surface area contributed by atoms with Crippen LogP contribution in [0.15, 0.2) is 47.5 Å². The van der Waals surface area contributed by atoms with Crippen molar-refractivity contribution in [2.24, 2.45) is 10.9 Å². The Morgan fingerprint density at radius 1 is 1.33 bits per heavy atom. The molecular weight excluding hydrogens is 366 g/mol. The normalized spacial score (nSPS) is 19.9. The summed E-state index contributed by atoms with van der Waals surface area (Å²) < 4.78 is 6.08. The maximum atomic E-state index is 11.4. The van der Waals surface area contributed by atoms with Crippen molar-refractivity contribution in [3.8, 4) is 11.5 Å². The average molecular weight is 386 g/mol. The van der Waals surface area contributed by atoms with Crippen molar-refractivity contribution in [1.82, 2.24) is 10.2 Å². The summed E-state index contributed by atoms with van der Waals surface area (Å²) in [5, 5.41) is 13.3. The Balaban J connectivity index is 1.76. The van der Waals surface area contributed by atoms with Crippen LogP contribution < -0.4 is 10.1 Å². The van der Waals surface area contributed by atoms with E-state index in [-0.39, 0.29) is 6.04 Å². The van der Waals surface area contributed by atoms with Gasteiger partial charge in [0.2, 0.25) is 0 Å². The fourth-order valence-corrected chi connectivity index (χ4v) is 3.58. The van der Waals surface area contributed by atoms with E-state index in [9.17, 15) is 9.90 Å². The lowest BCUT2D eigenvalue weighted by Crippen LogP contribution is -2.56. The molecule has 2 aliphatic rings. The Morgan fingerprint density at radius 3 is 2.96 bits per heavy atom. The number of aliphatic imine (C=N–C) groups is 1. The number of ether oxygens (including phenoxy) is 1. The topological polar surface area (TPSA) is 74.2 Å². The summed E-state index contributed by atoms with van der Waals surface area (Å²) in [6.07, 6.45) is 0. The first-order valence-electron chi connectivity index (χ1n) is 8.89. The van der Waals surface area contributed by atoms with Gasteiger partial charge in [-0.05, 0) is 30.3 Å². The molecule has 0 bridgehead atoms. The quantitative estimate of drug-likeness (QED) is 0.827. The second-order valence-corrected chi connectivity index (χ2v) is 7.22. The monoisotopic (exact) mass is 385 g/mol. The smallest absolute Gasteiger partial charge is 0.307 e. The number of carbonyl (C=O) groups is 1. The van der Waals surface area contributed by atoms with Crippen molar-refractivity contribution in [1.29, 1.82) is 0 Å². The van der Waals surface area contributed by atoms with E-state index >= 15 is 0 Å². The molecule has 2 heterocycles. The van der Waals surface area contributed by atoms with Crippen LogP contribution in [0.25, 0.3) is 0 Å². The molecule has 0 aromatic heterocycles. The van der Waals surface area contributed by atoms with Crippen LogP contribution in [0.4, 0.5) is 5.69 Å². The summed E-state index contributed by atoms with van der Waals surface area (Å²) in [6, 6.07) is 13.0. The molecule has 140 valence electrons. The molecular formula is C20H20ClN3O3. The standard InChI is InChI=1S/C20H20ClN3O3/c1-12(20(25)26)16-11-24(9-8-22-16)19-14-4-2-3-5-17(14)27-18-7-6-13(21)10-15(18)23-19/h2-7,10,12,16,22H,8-9,11H2,1H3,(H,25,26)/t12-,16-/m1/s1. The number of amidine groups is 1. The third kappa shape index (κ3) is 3.50. The number of nitrogens with zero attached hydrogens (tertiary/aromatic N) is 2. The molecule has 2 aromatic carbocycles. The minimum atomic E-state index is -0.807. The highest BCUT2D eigenvalue weighted by atomic mass is 35.5. The molecule has 0 aliphatic carbocycles. The Hall–Kier alpha value is -2.57. The number of aliphatic carboxylic acids is 1. The summed E-state index contributed by atoms with van der Waals surface area (Å²) in [6.45, 7) is 3.69. The predicted molar refractivity (Wildman–Crippen MR) is 104 cm³/mol. The van der Waals surface area contributed by atoms with Crippen LogP contribution in [0.3, 0.4) is 0 Å². The van der Waals surface area contributed by atoms with Crippen LogP contribution in [0, 0.1) is 5.92 Å². The fourth-order valence-electron chi connectivity index (χ4n) is 3.42. The SMILES string of the molecule is C[C@@H](C(=O)O)[C@H]1CN(C2=Nc3cc(Cl)ccc3Oc3ccccc32)CCN1. The number of hydrogen-bond donors (Lipinski definition) is 2. The highest BCUT2D eigenvalue weighted by Crippen LogP contribution is 2.39.